The van der Waals surface area contributed by atoms with E-state index in [9.17, 15) is 9.59 Å². The molecule has 0 aliphatic carbocycles. The van der Waals surface area contributed by atoms with E-state index in [2.05, 4.69) is 20.5 Å². The van der Waals surface area contributed by atoms with Gasteiger partial charge in [-0.25, -0.2) is 9.78 Å². The number of nitrogens with one attached hydrogen (secondary N) is 2. The summed E-state index contributed by atoms with van der Waals surface area (Å²) in [5.74, 6) is 0.607. The van der Waals surface area contributed by atoms with E-state index in [1.807, 2.05) is 72.8 Å². The predicted octanol–water partition coefficient (Wildman–Crippen LogP) is 3.07. The van der Waals surface area contributed by atoms with Crippen LogP contribution in [0.25, 0.3) is 0 Å². The molecule has 1 aliphatic rings. The summed E-state index contributed by atoms with van der Waals surface area (Å²) in [7, 11) is 0. The third-order valence-electron chi connectivity index (χ3n) is 5.71. The van der Waals surface area contributed by atoms with Crippen molar-refractivity contribution in [3.05, 3.63) is 95.7 Å². The Bertz CT molecular complexity index is 1070. The second kappa shape index (κ2) is 12.5. The minimum atomic E-state index is -0.777. The van der Waals surface area contributed by atoms with Crippen molar-refractivity contribution >= 4 is 17.8 Å². The number of pyridine rings is 1. The Morgan fingerprint density at radius 1 is 0.914 bits per heavy atom. The Balaban J connectivity index is 1.33. The number of alkyl carbamates (subject to hydrolysis) is 1. The van der Waals surface area contributed by atoms with Crippen molar-refractivity contribution in [1.29, 1.82) is 0 Å². The lowest BCUT2D eigenvalue weighted by molar-refractivity contribution is -0.123. The van der Waals surface area contributed by atoms with Crippen molar-refractivity contribution in [1.82, 2.24) is 15.6 Å². The number of hydrogen-bond acceptors (Lipinski definition) is 6. The molecule has 0 saturated carbocycles. The van der Waals surface area contributed by atoms with Gasteiger partial charge in [-0.2, -0.15) is 0 Å². The highest BCUT2D eigenvalue weighted by molar-refractivity contribution is 5.85. The first kappa shape index (κ1) is 24.2. The topological polar surface area (TPSA) is 92.8 Å². The van der Waals surface area contributed by atoms with Crippen LogP contribution in [0, 0.1) is 0 Å². The van der Waals surface area contributed by atoms with Crippen molar-refractivity contribution in [2.75, 3.05) is 31.2 Å². The number of ether oxygens (including phenoxy) is 2. The number of nitrogens with zero attached hydrogens (tertiary/aromatic N) is 2. The molecule has 8 heteroatoms. The maximum atomic E-state index is 13.0. The monoisotopic (exact) mass is 474 g/mol. The standard InChI is InChI=1S/C27H30N4O4/c32-26(29-19-23-11-12-25(28-18-23)31-13-15-34-16-14-31)24(17-21-7-3-1-4-8-21)30-27(33)35-20-22-9-5-2-6-10-22/h1-12,18,24H,13-17,19-20H2,(H,29,32)(H,30,33). The largest absolute Gasteiger partial charge is 0.445 e. The summed E-state index contributed by atoms with van der Waals surface area (Å²) in [5.41, 5.74) is 2.69. The Hall–Kier alpha value is -3.91. The summed E-state index contributed by atoms with van der Waals surface area (Å²) in [6, 6.07) is 22.1. The van der Waals surface area contributed by atoms with Crippen LogP contribution in [0.3, 0.4) is 0 Å². The number of morpholine rings is 1. The smallest absolute Gasteiger partial charge is 0.408 e. The molecule has 1 aromatic heterocycles. The minimum Gasteiger partial charge on any atom is -0.445 e. The molecule has 1 saturated heterocycles. The van der Waals surface area contributed by atoms with Gasteiger partial charge in [0.15, 0.2) is 0 Å². The van der Waals surface area contributed by atoms with E-state index in [1.54, 1.807) is 6.20 Å². The number of hydrogen-bond donors (Lipinski definition) is 2. The second-order valence-electron chi connectivity index (χ2n) is 8.29. The first-order chi connectivity index (χ1) is 17.2. The van der Waals surface area contributed by atoms with E-state index in [4.69, 9.17) is 9.47 Å². The molecule has 1 atom stereocenters. The lowest BCUT2D eigenvalue weighted by atomic mass is 10.1. The van der Waals surface area contributed by atoms with Gasteiger partial charge in [-0.15, -0.1) is 0 Å². The molecular formula is C27H30N4O4. The van der Waals surface area contributed by atoms with E-state index < -0.39 is 12.1 Å². The zero-order valence-corrected chi connectivity index (χ0v) is 19.6. The van der Waals surface area contributed by atoms with Gasteiger partial charge in [0.1, 0.15) is 18.5 Å². The molecule has 182 valence electrons. The number of aromatic nitrogens is 1. The maximum absolute atomic E-state index is 13.0. The quantitative estimate of drug-likeness (QED) is 0.495. The average molecular weight is 475 g/mol. The van der Waals surface area contributed by atoms with Crippen molar-refractivity contribution in [2.24, 2.45) is 0 Å². The lowest BCUT2D eigenvalue weighted by Gasteiger charge is -2.27. The molecule has 1 aliphatic heterocycles. The molecule has 3 aromatic rings. The molecular weight excluding hydrogens is 444 g/mol. The van der Waals surface area contributed by atoms with Crippen LogP contribution in [0.1, 0.15) is 16.7 Å². The summed E-state index contributed by atoms with van der Waals surface area (Å²) in [4.78, 5) is 32.2. The van der Waals surface area contributed by atoms with Crippen LogP contribution in [-0.4, -0.2) is 49.3 Å². The normalized spacial score (nSPS) is 14.1. The first-order valence-electron chi connectivity index (χ1n) is 11.7. The third kappa shape index (κ3) is 7.55. The number of rotatable bonds is 9. The van der Waals surface area contributed by atoms with Gasteiger partial charge < -0.3 is 25.0 Å². The van der Waals surface area contributed by atoms with E-state index in [0.29, 0.717) is 26.2 Å². The van der Waals surface area contributed by atoms with Crippen LogP contribution in [-0.2, 0) is 33.8 Å². The molecule has 4 rings (SSSR count). The Morgan fingerprint density at radius 2 is 1.60 bits per heavy atom. The third-order valence-corrected chi connectivity index (χ3v) is 5.71. The summed E-state index contributed by atoms with van der Waals surface area (Å²) in [5, 5.41) is 5.63. The fraction of sp³-hybridized carbons (Fsp3) is 0.296. The Labute approximate surface area is 205 Å². The van der Waals surface area contributed by atoms with Crippen LogP contribution in [0.15, 0.2) is 79.0 Å². The van der Waals surface area contributed by atoms with E-state index in [1.165, 1.54) is 0 Å². The number of amides is 2. The fourth-order valence-corrected chi connectivity index (χ4v) is 3.78. The first-order valence-corrected chi connectivity index (χ1v) is 11.7. The Kier molecular flexibility index (Phi) is 8.67. The number of benzene rings is 2. The van der Waals surface area contributed by atoms with Gasteiger partial charge in [0.05, 0.1) is 13.2 Å². The Morgan fingerprint density at radius 3 is 2.26 bits per heavy atom. The van der Waals surface area contributed by atoms with Gasteiger partial charge in [0.2, 0.25) is 5.91 Å². The van der Waals surface area contributed by atoms with Gasteiger partial charge in [0.25, 0.3) is 0 Å². The molecule has 0 bridgehead atoms. The minimum absolute atomic E-state index is 0.132. The van der Waals surface area contributed by atoms with Crippen LogP contribution in [0.2, 0.25) is 0 Å². The summed E-state index contributed by atoms with van der Waals surface area (Å²) >= 11 is 0. The second-order valence-corrected chi connectivity index (χ2v) is 8.29. The molecule has 35 heavy (non-hydrogen) atoms. The fourth-order valence-electron chi connectivity index (χ4n) is 3.78. The summed E-state index contributed by atoms with van der Waals surface area (Å²) in [6.07, 6.45) is 1.47. The number of carbonyl (C=O) groups is 2. The zero-order valence-electron chi connectivity index (χ0n) is 19.6. The van der Waals surface area contributed by atoms with Gasteiger partial charge >= 0.3 is 6.09 Å². The summed E-state index contributed by atoms with van der Waals surface area (Å²) in [6.45, 7) is 3.47. The van der Waals surface area contributed by atoms with E-state index >= 15 is 0 Å². The van der Waals surface area contributed by atoms with Crippen LogP contribution >= 0.6 is 0 Å². The maximum Gasteiger partial charge on any atom is 0.408 e. The molecule has 0 radical (unpaired) electrons. The molecule has 2 amide bonds. The highest BCUT2D eigenvalue weighted by atomic mass is 16.5. The van der Waals surface area contributed by atoms with Crippen molar-refractivity contribution in [2.45, 2.75) is 25.6 Å². The zero-order chi connectivity index (χ0) is 24.3. The molecule has 2 aromatic carbocycles. The predicted molar refractivity (Wildman–Crippen MR) is 133 cm³/mol. The highest BCUT2D eigenvalue weighted by Gasteiger charge is 2.22. The van der Waals surface area contributed by atoms with Gasteiger partial charge in [-0.3, -0.25) is 4.79 Å². The van der Waals surface area contributed by atoms with E-state index in [-0.39, 0.29) is 12.5 Å². The van der Waals surface area contributed by atoms with Crippen LogP contribution in [0.5, 0.6) is 0 Å². The SMILES string of the molecule is O=C(NC(Cc1ccccc1)C(=O)NCc1ccc(N2CCOCC2)nc1)OCc1ccccc1. The average Bonchev–Trinajstić information content (AvgIpc) is 2.92. The van der Waals surface area contributed by atoms with Gasteiger partial charge in [0, 0.05) is 32.3 Å². The van der Waals surface area contributed by atoms with Gasteiger partial charge in [-0.1, -0.05) is 66.7 Å². The highest BCUT2D eigenvalue weighted by Crippen LogP contribution is 2.13. The molecule has 1 fully saturated rings. The lowest BCUT2D eigenvalue weighted by Crippen LogP contribution is -2.48. The van der Waals surface area contributed by atoms with Gasteiger partial charge in [-0.05, 0) is 22.8 Å². The summed E-state index contributed by atoms with van der Waals surface area (Å²) < 4.78 is 10.7. The van der Waals surface area contributed by atoms with Crippen LogP contribution in [0.4, 0.5) is 10.6 Å². The van der Waals surface area contributed by atoms with Crippen molar-refractivity contribution in [3.63, 3.8) is 0 Å². The van der Waals surface area contributed by atoms with Crippen molar-refractivity contribution in [3.8, 4) is 0 Å². The van der Waals surface area contributed by atoms with Crippen molar-refractivity contribution < 1.29 is 19.1 Å². The van der Waals surface area contributed by atoms with E-state index in [0.717, 1.165) is 35.6 Å². The number of anilines is 1. The molecule has 0 spiro atoms. The molecule has 1 unspecified atom stereocenters. The van der Waals surface area contributed by atoms with Crippen LogP contribution < -0.4 is 15.5 Å². The molecule has 2 heterocycles. The molecule has 8 nitrogen and oxygen atoms in total. The molecule has 2 N–H and O–H groups in total. The number of carbonyl (C=O) groups excluding carboxylic acids is 2.